The number of hydrogen-bond acceptors (Lipinski definition) is 7. The molecule has 3 aromatic heterocycles. The van der Waals surface area contributed by atoms with Crippen LogP contribution in [-0.4, -0.2) is 60.4 Å². The van der Waals surface area contributed by atoms with Crippen LogP contribution in [-0.2, 0) is 14.6 Å². The van der Waals surface area contributed by atoms with Crippen molar-refractivity contribution < 1.29 is 17.9 Å². The van der Waals surface area contributed by atoms with E-state index in [-0.39, 0.29) is 23.5 Å². The number of nitrogens with one attached hydrogen (secondary N) is 1. The molecule has 31 heavy (non-hydrogen) atoms. The van der Waals surface area contributed by atoms with Gasteiger partial charge in [-0.2, -0.15) is 5.10 Å². The van der Waals surface area contributed by atoms with Crippen molar-refractivity contribution in [2.24, 2.45) is 0 Å². The molecule has 3 aromatic rings. The Bertz CT molecular complexity index is 1190. The number of aryl methyl sites for hydroxylation is 1. The van der Waals surface area contributed by atoms with E-state index < -0.39 is 9.84 Å². The van der Waals surface area contributed by atoms with Crippen LogP contribution in [0.1, 0.15) is 41.9 Å². The largest absolute Gasteiger partial charge is 0.382 e. The number of carbonyl (C=O) groups excluding carboxylic acids is 1. The van der Waals surface area contributed by atoms with Gasteiger partial charge in [0.15, 0.2) is 15.5 Å². The van der Waals surface area contributed by atoms with E-state index in [4.69, 9.17) is 9.72 Å². The Hall–Kier alpha value is -2.30. The lowest BCUT2D eigenvalue weighted by molar-refractivity contribution is 0.0945. The third kappa shape index (κ3) is 4.65. The molecule has 10 heteroatoms. The molecule has 8 nitrogen and oxygen atoms in total. The average Bonchev–Trinajstić information content (AvgIpc) is 3.46. The van der Waals surface area contributed by atoms with Crippen molar-refractivity contribution in [3.63, 3.8) is 0 Å². The highest BCUT2D eigenvalue weighted by molar-refractivity contribution is 7.91. The van der Waals surface area contributed by atoms with Gasteiger partial charge >= 0.3 is 0 Å². The Morgan fingerprint density at radius 1 is 1.42 bits per heavy atom. The lowest BCUT2D eigenvalue weighted by Gasteiger charge is -2.12. The summed E-state index contributed by atoms with van der Waals surface area (Å²) in [7, 11) is -3.08. The second-order valence-corrected chi connectivity index (χ2v) is 10.8. The molecule has 1 aliphatic heterocycles. The maximum absolute atomic E-state index is 13.1. The second kappa shape index (κ2) is 9.05. The molecule has 1 unspecified atom stereocenters. The number of hydrogen-bond donors (Lipinski definition) is 1. The Morgan fingerprint density at radius 2 is 2.26 bits per heavy atom. The van der Waals surface area contributed by atoms with Crippen molar-refractivity contribution in [3.05, 3.63) is 34.8 Å². The molecule has 0 bridgehead atoms. The molecule has 1 N–H and O–H groups in total. The van der Waals surface area contributed by atoms with Crippen LogP contribution >= 0.6 is 11.3 Å². The summed E-state index contributed by atoms with van der Waals surface area (Å²) in [4.78, 5) is 18.8. The molecule has 0 saturated carbocycles. The Labute approximate surface area is 185 Å². The summed E-state index contributed by atoms with van der Waals surface area (Å²) in [6.45, 7) is 5.52. The van der Waals surface area contributed by atoms with Gasteiger partial charge in [-0.25, -0.2) is 18.1 Å². The summed E-state index contributed by atoms with van der Waals surface area (Å²) < 4.78 is 31.1. The monoisotopic (exact) mass is 462 g/mol. The number of carbonyl (C=O) groups is 1. The number of fused-ring (bicyclic) bond motifs is 1. The molecule has 0 spiro atoms. The molecule has 1 fully saturated rings. The van der Waals surface area contributed by atoms with E-state index in [0.29, 0.717) is 54.2 Å². The van der Waals surface area contributed by atoms with Crippen molar-refractivity contribution in [1.82, 2.24) is 20.1 Å². The third-order valence-corrected chi connectivity index (χ3v) is 8.01. The third-order valence-electron chi connectivity index (χ3n) is 5.36. The molecule has 0 aliphatic carbocycles. The number of amides is 1. The maximum Gasteiger partial charge on any atom is 0.252 e. The molecule has 1 aliphatic rings. The van der Waals surface area contributed by atoms with Crippen LogP contribution in [0, 0.1) is 6.92 Å². The van der Waals surface area contributed by atoms with Crippen LogP contribution in [0.2, 0.25) is 0 Å². The number of thiophene rings is 1. The summed E-state index contributed by atoms with van der Waals surface area (Å²) in [6.07, 6.45) is 1.23. The van der Waals surface area contributed by atoms with E-state index in [9.17, 15) is 13.2 Å². The highest BCUT2D eigenvalue weighted by Crippen LogP contribution is 2.33. The quantitative estimate of drug-likeness (QED) is 0.516. The fraction of sp³-hybridized carbons (Fsp3) is 0.476. The normalized spacial score (nSPS) is 17.9. The van der Waals surface area contributed by atoms with E-state index in [1.807, 2.05) is 31.4 Å². The van der Waals surface area contributed by atoms with Crippen molar-refractivity contribution in [2.45, 2.75) is 32.7 Å². The summed E-state index contributed by atoms with van der Waals surface area (Å²) in [5.41, 5.74) is 2.42. The minimum Gasteiger partial charge on any atom is -0.382 e. The van der Waals surface area contributed by atoms with Gasteiger partial charge < -0.3 is 10.1 Å². The Morgan fingerprint density at radius 3 is 2.94 bits per heavy atom. The van der Waals surface area contributed by atoms with Gasteiger partial charge in [0.05, 0.1) is 44.8 Å². The maximum atomic E-state index is 13.1. The predicted octanol–water partition coefficient (Wildman–Crippen LogP) is 2.98. The van der Waals surface area contributed by atoms with E-state index >= 15 is 0 Å². The van der Waals surface area contributed by atoms with Gasteiger partial charge in [0.25, 0.3) is 5.91 Å². The molecular formula is C21H26N4O4S2. The zero-order chi connectivity index (χ0) is 22.0. The zero-order valence-electron chi connectivity index (χ0n) is 17.6. The fourth-order valence-electron chi connectivity index (χ4n) is 3.88. The highest BCUT2D eigenvalue weighted by atomic mass is 32.2. The van der Waals surface area contributed by atoms with Crippen LogP contribution in [0.3, 0.4) is 0 Å². The molecule has 0 radical (unpaired) electrons. The number of pyridine rings is 1. The summed E-state index contributed by atoms with van der Waals surface area (Å²) in [5.74, 6) is 0.00607. The van der Waals surface area contributed by atoms with E-state index in [0.717, 1.165) is 11.3 Å². The van der Waals surface area contributed by atoms with Gasteiger partial charge in [-0.05, 0) is 44.2 Å². The van der Waals surface area contributed by atoms with Gasteiger partial charge in [0.2, 0.25) is 0 Å². The fourth-order valence-corrected chi connectivity index (χ4v) is 6.26. The molecule has 0 aromatic carbocycles. The predicted molar refractivity (Wildman–Crippen MR) is 121 cm³/mol. The lowest BCUT2D eigenvalue weighted by Crippen LogP contribution is -2.25. The van der Waals surface area contributed by atoms with Gasteiger partial charge in [0.1, 0.15) is 0 Å². The molecular weight excluding hydrogens is 436 g/mol. The minimum atomic E-state index is -3.08. The summed E-state index contributed by atoms with van der Waals surface area (Å²) in [6, 6.07) is 5.42. The van der Waals surface area contributed by atoms with Gasteiger partial charge in [-0.15, -0.1) is 11.3 Å². The first kappa shape index (κ1) is 21.9. The molecule has 1 amide bonds. The highest BCUT2D eigenvalue weighted by Gasteiger charge is 2.32. The number of nitrogens with zero attached hydrogens (tertiary/aromatic N) is 3. The molecule has 1 atom stereocenters. The topological polar surface area (TPSA) is 103 Å². The van der Waals surface area contributed by atoms with E-state index in [2.05, 4.69) is 10.4 Å². The Kier molecular flexibility index (Phi) is 6.40. The van der Waals surface area contributed by atoms with Gasteiger partial charge in [0, 0.05) is 19.8 Å². The number of ether oxygens (including phenoxy) is 1. The first-order valence-corrected chi connectivity index (χ1v) is 13.1. The van der Waals surface area contributed by atoms with Crippen LogP contribution in [0.5, 0.6) is 0 Å². The average molecular weight is 463 g/mol. The van der Waals surface area contributed by atoms with Gasteiger partial charge in [-0.1, -0.05) is 6.07 Å². The summed E-state index contributed by atoms with van der Waals surface area (Å²) in [5, 5.41) is 10.2. The standard InChI is InChI=1S/C21H26N4O4S2/c1-3-29-9-5-8-22-21(26)16-12-17(18-6-4-10-30-18)23-20-19(16)14(2)24-25(20)15-7-11-31(27,28)13-15/h4,6,10,12,15H,3,5,7-9,11,13H2,1-2H3,(H,22,26). The van der Waals surface area contributed by atoms with Gasteiger partial charge in [-0.3, -0.25) is 4.79 Å². The molecule has 4 heterocycles. The van der Waals surface area contributed by atoms with E-state index in [1.165, 1.54) is 0 Å². The van der Waals surface area contributed by atoms with Crippen LogP contribution in [0.25, 0.3) is 21.6 Å². The van der Waals surface area contributed by atoms with Crippen molar-refractivity contribution in [3.8, 4) is 10.6 Å². The number of aromatic nitrogens is 3. The molecule has 166 valence electrons. The van der Waals surface area contributed by atoms with Crippen molar-refractivity contribution >= 4 is 38.1 Å². The van der Waals surface area contributed by atoms with Crippen LogP contribution in [0.4, 0.5) is 0 Å². The van der Waals surface area contributed by atoms with E-state index in [1.54, 1.807) is 22.1 Å². The van der Waals surface area contributed by atoms with Crippen LogP contribution in [0.15, 0.2) is 23.6 Å². The lowest BCUT2D eigenvalue weighted by atomic mass is 10.1. The molecule has 4 rings (SSSR count). The molecule has 1 saturated heterocycles. The SMILES string of the molecule is CCOCCCNC(=O)c1cc(-c2cccs2)nc2c1c(C)nn2C1CCS(=O)(=O)C1. The first-order chi connectivity index (χ1) is 14.9. The number of sulfone groups is 1. The number of rotatable bonds is 8. The second-order valence-electron chi connectivity index (χ2n) is 7.62. The van der Waals surface area contributed by atoms with Crippen LogP contribution < -0.4 is 5.32 Å². The minimum absolute atomic E-state index is 0.0487. The smallest absolute Gasteiger partial charge is 0.252 e. The van der Waals surface area contributed by atoms with Crippen molar-refractivity contribution in [2.75, 3.05) is 31.3 Å². The first-order valence-electron chi connectivity index (χ1n) is 10.4. The van der Waals surface area contributed by atoms with Crippen molar-refractivity contribution in [1.29, 1.82) is 0 Å². The summed E-state index contributed by atoms with van der Waals surface area (Å²) >= 11 is 1.54. The Balaban J connectivity index is 1.75. The zero-order valence-corrected chi connectivity index (χ0v) is 19.3.